The highest BCUT2D eigenvalue weighted by Gasteiger charge is 2.32. The molecule has 1 unspecified atom stereocenters. The second-order valence-corrected chi connectivity index (χ2v) is 4.27. The molecule has 0 aliphatic carbocycles. The molecule has 0 bridgehead atoms. The first-order valence-corrected chi connectivity index (χ1v) is 5.16. The summed E-state index contributed by atoms with van der Waals surface area (Å²) in [5, 5.41) is 12.6. The van der Waals surface area contributed by atoms with Crippen LogP contribution in [0, 0.1) is 0 Å². The van der Waals surface area contributed by atoms with E-state index >= 15 is 0 Å². The van der Waals surface area contributed by atoms with E-state index in [9.17, 15) is 9.90 Å². The third kappa shape index (κ3) is 2.54. The molecule has 16 heavy (non-hydrogen) atoms. The van der Waals surface area contributed by atoms with Crippen LogP contribution in [0.3, 0.4) is 0 Å². The van der Waals surface area contributed by atoms with Crippen molar-refractivity contribution in [1.29, 1.82) is 0 Å². The van der Waals surface area contributed by atoms with Gasteiger partial charge in [-0.3, -0.25) is 4.79 Å². The molecule has 1 fully saturated rings. The van der Waals surface area contributed by atoms with Crippen LogP contribution in [0.2, 0.25) is 0 Å². The SMILES string of the molecule is CC1(c2ccc(O)cc2)CC(=O)CCN1.Cl. The van der Waals surface area contributed by atoms with Gasteiger partial charge in [-0.25, -0.2) is 0 Å². The van der Waals surface area contributed by atoms with E-state index in [2.05, 4.69) is 5.32 Å². The Bertz CT molecular complexity index is 377. The van der Waals surface area contributed by atoms with E-state index in [1.165, 1.54) is 0 Å². The average molecular weight is 242 g/mol. The largest absolute Gasteiger partial charge is 0.508 e. The number of aromatic hydroxyl groups is 1. The Labute approximate surface area is 101 Å². The van der Waals surface area contributed by atoms with Crippen molar-refractivity contribution in [3.63, 3.8) is 0 Å². The molecule has 1 aromatic carbocycles. The van der Waals surface area contributed by atoms with Crippen molar-refractivity contribution in [2.24, 2.45) is 0 Å². The Morgan fingerprint density at radius 3 is 2.50 bits per heavy atom. The van der Waals surface area contributed by atoms with Crippen LogP contribution in [-0.4, -0.2) is 17.4 Å². The number of benzene rings is 1. The van der Waals surface area contributed by atoms with Crippen LogP contribution >= 0.6 is 12.4 Å². The second-order valence-electron chi connectivity index (χ2n) is 4.27. The van der Waals surface area contributed by atoms with Gasteiger partial charge in [0.25, 0.3) is 0 Å². The lowest BCUT2D eigenvalue weighted by Crippen LogP contribution is -2.46. The zero-order valence-electron chi connectivity index (χ0n) is 9.19. The van der Waals surface area contributed by atoms with Gasteiger partial charge < -0.3 is 10.4 Å². The minimum absolute atomic E-state index is 0. The zero-order valence-corrected chi connectivity index (χ0v) is 10.0. The maximum atomic E-state index is 11.4. The van der Waals surface area contributed by atoms with Gasteiger partial charge in [0.15, 0.2) is 0 Å². The van der Waals surface area contributed by atoms with Gasteiger partial charge in [0, 0.05) is 24.9 Å². The number of hydrogen-bond donors (Lipinski definition) is 2. The van der Waals surface area contributed by atoms with E-state index in [0.29, 0.717) is 18.6 Å². The molecule has 0 spiro atoms. The molecule has 0 aromatic heterocycles. The summed E-state index contributed by atoms with van der Waals surface area (Å²) in [4.78, 5) is 11.4. The van der Waals surface area contributed by atoms with Gasteiger partial charge in [0.2, 0.25) is 0 Å². The number of phenols is 1. The lowest BCUT2D eigenvalue weighted by Gasteiger charge is -2.34. The van der Waals surface area contributed by atoms with Crippen LogP contribution in [0.25, 0.3) is 0 Å². The highest BCUT2D eigenvalue weighted by atomic mass is 35.5. The number of piperidine rings is 1. The molecule has 88 valence electrons. The summed E-state index contributed by atoms with van der Waals surface area (Å²) in [7, 11) is 0. The molecule has 2 N–H and O–H groups in total. The summed E-state index contributed by atoms with van der Waals surface area (Å²) < 4.78 is 0. The van der Waals surface area contributed by atoms with Crippen LogP contribution in [0.15, 0.2) is 24.3 Å². The first-order chi connectivity index (χ1) is 7.10. The van der Waals surface area contributed by atoms with Crippen LogP contribution < -0.4 is 5.32 Å². The fourth-order valence-electron chi connectivity index (χ4n) is 2.06. The maximum absolute atomic E-state index is 11.4. The molecule has 1 aromatic rings. The van der Waals surface area contributed by atoms with E-state index in [0.717, 1.165) is 12.1 Å². The van der Waals surface area contributed by atoms with Crippen LogP contribution in [-0.2, 0) is 10.3 Å². The lowest BCUT2D eigenvalue weighted by molar-refractivity contribution is -0.122. The Hall–Kier alpha value is -1.06. The Morgan fingerprint density at radius 2 is 1.94 bits per heavy atom. The first-order valence-electron chi connectivity index (χ1n) is 5.16. The number of halogens is 1. The molecule has 0 radical (unpaired) electrons. The van der Waals surface area contributed by atoms with Gasteiger partial charge in [0.1, 0.15) is 11.5 Å². The van der Waals surface area contributed by atoms with E-state index in [1.807, 2.05) is 19.1 Å². The third-order valence-electron chi connectivity index (χ3n) is 2.97. The number of phenolic OH excluding ortho intramolecular Hbond substituents is 1. The number of nitrogens with one attached hydrogen (secondary N) is 1. The zero-order chi connectivity index (χ0) is 10.9. The average Bonchev–Trinajstić information content (AvgIpc) is 2.18. The molecular weight excluding hydrogens is 226 g/mol. The molecule has 3 nitrogen and oxygen atoms in total. The van der Waals surface area contributed by atoms with Crippen molar-refractivity contribution in [1.82, 2.24) is 5.32 Å². The molecule has 1 saturated heterocycles. The number of ketones is 1. The van der Waals surface area contributed by atoms with Crippen LogP contribution in [0.1, 0.15) is 25.3 Å². The predicted molar refractivity (Wildman–Crippen MR) is 65.0 cm³/mol. The molecule has 1 aliphatic rings. The molecule has 0 saturated carbocycles. The summed E-state index contributed by atoms with van der Waals surface area (Å²) in [5.74, 6) is 0.550. The highest BCUT2D eigenvalue weighted by Crippen LogP contribution is 2.29. The number of rotatable bonds is 1. The summed E-state index contributed by atoms with van der Waals surface area (Å²) >= 11 is 0. The highest BCUT2D eigenvalue weighted by molar-refractivity contribution is 5.85. The van der Waals surface area contributed by atoms with E-state index in [4.69, 9.17) is 0 Å². The minimum atomic E-state index is -0.275. The van der Waals surface area contributed by atoms with E-state index < -0.39 is 0 Å². The lowest BCUT2D eigenvalue weighted by atomic mass is 9.83. The molecule has 2 rings (SSSR count). The topological polar surface area (TPSA) is 49.3 Å². The molecule has 4 heteroatoms. The summed E-state index contributed by atoms with van der Waals surface area (Å²) in [5.41, 5.74) is 0.775. The van der Waals surface area contributed by atoms with Crippen molar-refractivity contribution in [3.05, 3.63) is 29.8 Å². The first kappa shape index (κ1) is 13.0. The Balaban J connectivity index is 0.00000128. The predicted octanol–water partition coefficient (Wildman–Crippen LogP) is 1.98. The monoisotopic (exact) mass is 241 g/mol. The summed E-state index contributed by atoms with van der Waals surface area (Å²) in [6.07, 6.45) is 1.14. The molecule has 1 aliphatic heterocycles. The fourth-order valence-corrected chi connectivity index (χ4v) is 2.06. The van der Waals surface area contributed by atoms with Crippen molar-refractivity contribution in [2.45, 2.75) is 25.3 Å². The number of carbonyl (C=O) groups is 1. The van der Waals surface area contributed by atoms with Gasteiger partial charge in [-0.15, -0.1) is 12.4 Å². The summed E-state index contributed by atoms with van der Waals surface area (Å²) in [6, 6.07) is 7.03. The van der Waals surface area contributed by atoms with Crippen molar-refractivity contribution < 1.29 is 9.90 Å². The van der Waals surface area contributed by atoms with Crippen molar-refractivity contribution in [3.8, 4) is 5.75 Å². The van der Waals surface area contributed by atoms with Gasteiger partial charge in [-0.05, 0) is 24.6 Å². The standard InChI is InChI=1S/C12H15NO2.ClH/c1-12(8-11(15)6-7-13-12)9-2-4-10(14)5-3-9;/h2-5,13-14H,6-8H2,1H3;1H. The summed E-state index contributed by atoms with van der Waals surface area (Å²) in [6.45, 7) is 2.76. The van der Waals surface area contributed by atoms with Crippen molar-refractivity contribution >= 4 is 18.2 Å². The van der Waals surface area contributed by atoms with E-state index in [1.54, 1.807) is 12.1 Å². The molecular formula is C12H16ClNO2. The van der Waals surface area contributed by atoms with Gasteiger partial charge >= 0.3 is 0 Å². The second kappa shape index (κ2) is 4.85. The van der Waals surface area contributed by atoms with Gasteiger partial charge in [0.05, 0.1) is 0 Å². The Kier molecular flexibility index (Phi) is 3.94. The molecule has 1 atom stereocenters. The number of hydrogen-bond acceptors (Lipinski definition) is 3. The fraction of sp³-hybridized carbons (Fsp3) is 0.417. The van der Waals surface area contributed by atoms with Gasteiger partial charge in [-0.1, -0.05) is 12.1 Å². The van der Waals surface area contributed by atoms with Crippen LogP contribution in [0.4, 0.5) is 0 Å². The third-order valence-corrected chi connectivity index (χ3v) is 2.97. The normalized spacial score (nSPS) is 24.9. The van der Waals surface area contributed by atoms with Gasteiger partial charge in [-0.2, -0.15) is 0 Å². The smallest absolute Gasteiger partial charge is 0.136 e. The van der Waals surface area contributed by atoms with Crippen LogP contribution in [0.5, 0.6) is 5.75 Å². The van der Waals surface area contributed by atoms with E-state index in [-0.39, 0.29) is 23.7 Å². The minimum Gasteiger partial charge on any atom is -0.508 e. The molecule has 0 amide bonds. The Morgan fingerprint density at radius 1 is 1.31 bits per heavy atom. The maximum Gasteiger partial charge on any atom is 0.136 e. The van der Waals surface area contributed by atoms with Crippen molar-refractivity contribution in [2.75, 3.05) is 6.54 Å². The number of Topliss-reactive ketones (excluding diaryl/α,β-unsaturated/α-hetero) is 1. The number of carbonyl (C=O) groups excluding carboxylic acids is 1. The molecule has 1 heterocycles. The quantitative estimate of drug-likeness (QED) is 0.791.